The molecule has 0 heterocycles. The minimum absolute atomic E-state index is 0.130. The van der Waals surface area contributed by atoms with E-state index >= 15 is 0 Å². The van der Waals surface area contributed by atoms with Crippen LogP contribution in [0.4, 0.5) is 0 Å². The first-order chi connectivity index (χ1) is 5.56. The quantitative estimate of drug-likeness (QED) is 0.597. The third-order valence-corrected chi connectivity index (χ3v) is 1.68. The maximum Gasteiger partial charge on any atom is 0.303 e. The number of nitrogens with zero attached hydrogens (tertiary/aromatic N) is 1. The first-order valence-electron chi connectivity index (χ1n) is 3.93. The summed E-state index contributed by atoms with van der Waals surface area (Å²) < 4.78 is 0. The zero-order chi connectivity index (χ0) is 9.56. The number of amides is 1. The molecule has 0 saturated carbocycles. The van der Waals surface area contributed by atoms with Gasteiger partial charge in [0, 0.05) is 20.0 Å². The van der Waals surface area contributed by atoms with Crippen molar-refractivity contribution in [1.29, 1.82) is 0 Å². The fourth-order valence-electron chi connectivity index (χ4n) is 0.877. The van der Waals surface area contributed by atoms with Crippen LogP contribution >= 0.6 is 0 Å². The van der Waals surface area contributed by atoms with Crippen LogP contribution in [-0.2, 0) is 9.59 Å². The Morgan fingerprint density at radius 3 is 2.67 bits per heavy atom. The molecule has 0 aromatic rings. The van der Waals surface area contributed by atoms with Gasteiger partial charge in [-0.15, -0.1) is 0 Å². The highest BCUT2D eigenvalue weighted by Gasteiger charge is 2.07. The van der Waals surface area contributed by atoms with Crippen molar-refractivity contribution < 1.29 is 14.7 Å². The van der Waals surface area contributed by atoms with E-state index in [2.05, 4.69) is 0 Å². The highest BCUT2D eigenvalue weighted by Crippen LogP contribution is 2.06. The normalized spacial score (nSPS) is 12.2. The molecule has 1 unspecified atom stereocenters. The lowest BCUT2D eigenvalue weighted by atomic mass is 10.0. The molecule has 0 radical (unpaired) electrons. The van der Waals surface area contributed by atoms with E-state index in [1.54, 1.807) is 7.05 Å². The van der Waals surface area contributed by atoms with E-state index in [0.29, 0.717) is 6.54 Å². The second-order valence-corrected chi connectivity index (χ2v) is 3.08. The molecular formula is C8H15NO3. The molecule has 1 amide bonds. The van der Waals surface area contributed by atoms with Crippen LogP contribution in [0.1, 0.15) is 19.8 Å². The number of hydrogen-bond donors (Lipinski definition) is 1. The van der Waals surface area contributed by atoms with Crippen LogP contribution in [0.2, 0.25) is 0 Å². The number of carboxylic acids is 1. The van der Waals surface area contributed by atoms with Crippen LogP contribution in [0, 0.1) is 5.92 Å². The van der Waals surface area contributed by atoms with Gasteiger partial charge in [-0.25, -0.2) is 0 Å². The fraction of sp³-hybridized carbons (Fsp3) is 0.750. The van der Waals surface area contributed by atoms with E-state index < -0.39 is 5.97 Å². The maximum atomic E-state index is 10.2. The van der Waals surface area contributed by atoms with Crippen LogP contribution in [0.3, 0.4) is 0 Å². The topological polar surface area (TPSA) is 57.6 Å². The van der Waals surface area contributed by atoms with E-state index in [9.17, 15) is 9.59 Å². The summed E-state index contributed by atoms with van der Waals surface area (Å²) in [5, 5.41) is 8.42. The van der Waals surface area contributed by atoms with Crippen molar-refractivity contribution in [2.45, 2.75) is 19.8 Å². The van der Waals surface area contributed by atoms with Gasteiger partial charge >= 0.3 is 5.97 Å². The van der Waals surface area contributed by atoms with E-state index in [4.69, 9.17) is 5.11 Å². The minimum Gasteiger partial charge on any atom is -0.481 e. The van der Waals surface area contributed by atoms with Gasteiger partial charge in [0.2, 0.25) is 6.41 Å². The lowest BCUT2D eigenvalue weighted by molar-refractivity contribution is -0.138. The third kappa shape index (κ3) is 5.70. The van der Waals surface area contributed by atoms with Crippen LogP contribution in [0.5, 0.6) is 0 Å². The molecular weight excluding hydrogens is 158 g/mol. The summed E-state index contributed by atoms with van der Waals surface area (Å²) in [7, 11) is 1.68. The van der Waals surface area contributed by atoms with Crippen molar-refractivity contribution in [3.8, 4) is 0 Å². The number of hydrogen-bond acceptors (Lipinski definition) is 2. The molecule has 0 saturated heterocycles. The average Bonchev–Trinajstić information content (AvgIpc) is 1.99. The number of carbonyl (C=O) groups is 2. The van der Waals surface area contributed by atoms with Crippen molar-refractivity contribution in [1.82, 2.24) is 4.90 Å². The Bertz CT molecular complexity index is 158. The van der Waals surface area contributed by atoms with Gasteiger partial charge in [0.25, 0.3) is 0 Å². The van der Waals surface area contributed by atoms with E-state index in [1.807, 2.05) is 6.92 Å². The van der Waals surface area contributed by atoms with Gasteiger partial charge in [0.15, 0.2) is 0 Å². The molecule has 0 bridgehead atoms. The molecule has 0 aliphatic rings. The number of rotatable bonds is 6. The predicted octanol–water partition coefficient (Wildman–Crippen LogP) is 0.575. The van der Waals surface area contributed by atoms with Crippen molar-refractivity contribution in [2.24, 2.45) is 5.92 Å². The molecule has 0 aliphatic carbocycles. The molecule has 0 aromatic heterocycles. The Morgan fingerprint density at radius 2 is 2.25 bits per heavy atom. The summed E-state index contributed by atoms with van der Waals surface area (Å²) >= 11 is 0. The molecule has 4 heteroatoms. The van der Waals surface area contributed by atoms with Gasteiger partial charge < -0.3 is 10.0 Å². The van der Waals surface area contributed by atoms with Gasteiger partial charge in [-0.05, 0) is 12.3 Å². The smallest absolute Gasteiger partial charge is 0.303 e. The molecule has 70 valence electrons. The average molecular weight is 173 g/mol. The number of carbonyl (C=O) groups excluding carboxylic acids is 1. The second kappa shape index (κ2) is 5.57. The van der Waals surface area contributed by atoms with Gasteiger partial charge in [0.1, 0.15) is 0 Å². The molecule has 4 nitrogen and oxygen atoms in total. The Labute approximate surface area is 72.2 Å². The molecule has 1 N–H and O–H groups in total. The van der Waals surface area contributed by atoms with E-state index in [-0.39, 0.29) is 12.3 Å². The molecule has 0 rings (SSSR count). The largest absolute Gasteiger partial charge is 0.481 e. The van der Waals surface area contributed by atoms with Crippen LogP contribution in [-0.4, -0.2) is 36.0 Å². The van der Waals surface area contributed by atoms with Gasteiger partial charge in [-0.2, -0.15) is 0 Å². The second-order valence-electron chi connectivity index (χ2n) is 3.08. The summed E-state index contributed by atoms with van der Waals surface area (Å²) in [6, 6.07) is 0. The fourth-order valence-corrected chi connectivity index (χ4v) is 0.877. The Hall–Kier alpha value is -1.06. The summed E-state index contributed by atoms with van der Waals surface area (Å²) in [4.78, 5) is 21.9. The summed E-state index contributed by atoms with van der Waals surface area (Å²) in [6.45, 7) is 2.49. The summed E-state index contributed by atoms with van der Waals surface area (Å²) in [5.74, 6) is -0.652. The standard InChI is InChI=1S/C8H15NO3/c1-7(5-8(11)12)3-4-9(2)6-10/h6-7H,3-5H2,1-2H3,(H,11,12). The van der Waals surface area contributed by atoms with Gasteiger partial charge in [-0.1, -0.05) is 6.92 Å². The lowest BCUT2D eigenvalue weighted by Crippen LogP contribution is -2.19. The highest BCUT2D eigenvalue weighted by atomic mass is 16.4. The molecule has 1 atom stereocenters. The zero-order valence-electron chi connectivity index (χ0n) is 7.49. The van der Waals surface area contributed by atoms with Gasteiger partial charge in [-0.3, -0.25) is 9.59 Å². The molecule has 0 aromatic carbocycles. The molecule has 12 heavy (non-hydrogen) atoms. The van der Waals surface area contributed by atoms with Crippen LogP contribution in [0.25, 0.3) is 0 Å². The van der Waals surface area contributed by atoms with Crippen LogP contribution in [0.15, 0.2) is 0 Å². The number of aliphatic carboxylic acids is 1. The van der Waals surface area contributed by atoms with E-state index in [0.717, 1.165) is 12.8 Å². The maximum absolute atomic E-state index is 10.2. The Morgan fingerprint density at radius 1 is 1.67 bits per heavy atom. The third-order valence-electron chi connectivity index (χ3n) is 1.68. The first kappa shape index (κ1) is 10.9. The predicted molar refractivity (Wildman–Crippen MR) is 44.7 cm³/mol. The van der Waals surface area contributed by atoms with E-state index in [1.165, 1.54) is 4.90 Å². The Kier molecular flexibility index (Phi) is 5.08. The SMILES string of the molecule is CC(CCN(C)C=O)CC(=O)O. The molecule has 0 fully saturated rings. The monoisotopic (exact) mass is 173 g/mol. The molecule has 0 spiro atoms. The van der Waals surface area contributed by atoms with Crippen molar-refractivity contribution >= 4 is 12.4 Å². The summed E-state index contributed by atoms with van der Waals surface area (Å²) in [6.07, 6.45) is 1.65. The highest BCUT2D eigenvalue weighted by molar-refractivity contribution is 5.66. The minimum atomic E-state index is -0.781. The summed E-state index contributed by atoms with van der Waals surface area (Å²) in [5.41, 5.74) is 0. The van der Waals surface area contributed by atoms with Crippen molar-refractivity contribution in [3.63, 3.8) is 0 Å². The number of carboxylic acid groups (broad SMARTS) is 1. The van der Waals surface area contributed by atoms with Gasteiger partial charge in [0.05, 0.1) is 0 Å². The lowest BCUT2D eigenvalue weighted by Gasteiger charge is -2.13. The Balaban J connectivity index is 3.49. The first-order valence-corrected chi connectivity index (χ1v) is 3.93. The zero-order valence-corrected chi connectivity index (χ0v) is 7.49. The molecule has 0 aliphatic heterocycles. The van der Waals surface area contributed by atoms with Crippen molar-refractivity contribution in [3.05, 3.63) is 0 Å². The van der Waals surface area contributed by atoms with Crippen LogP contribution < -0.4 is 0 Å². The van der Waals surface area contributed by atoms with Crippen molar-refractivity contribution in [2.75, 3.05) is 13.6 Å².